The molecule has 0 aromatic heterocycles. The van der Waals surface area contributed by atoms with Crippen LogP contribution in [0.3, 0.4) is 0 Å². The Morgan fingerprint density at radius 1 is 0.700 bits per heavy atom. The highest BCUT2D eigenvalue weighted by atomic mass is 16.5. The third-order valence-corrected chi connectivity index (χ3v) is 3.67. The number of aliphatic imine (C=N–C) groups is 2. The first-order valence-corrected chi connectivity index (χ1v) is 9.97. The van der Waals surface area contributed by atoms with Crippen LogP contribution in [0.4, 0.5) is 0 Å². The predicted octanol–water partition coefficient (Wildman–Crippen LogP) is 4.99. The summed E-state index contributed by atoms with van der Waals surface area (Å²) in [5.41, 5.74) is 0.586. The minimum absolute atomic E-state index is 0.117. The maximum atomic E-state index is 10.1. The van der Waals surface area contributed by atoms with Crippen LogP contribution < -0.4 is 9.47 Å². The lowest BCUT2D eigenvalue weighted by Gasteiger charge is -2.21. The van der Waals surface area contributed by atoms with E-state index in [0.717, 1.165) is 0 Å². The Bertz CT molecular complexity index is 831. The van der Waals surface area contributed by atoms with E-state index in [0.29, 0.717) is 35.7 Å². The van der Waals surface area contributed by atoms with Crippen LogP contribution in [0, 0.1) is 0 Å². The molecular weight excluding hydrogens is 380 g/mol. The van der Waals surface area contributed by atoms with Gasteiger partial charge in [-0.15, -0.1) is 0 Å². The summed E-state index contributed by atoms with van der Waals surface area (Å²) < 4.78 is 11.5. The van der Waals surface area contributed by atoms with E-state index >= 15 is 0 Å². The molecule has 0 unspecified atom stereocenters. The van der Waals surface area contributed by atoms with Gasteiger partial charge >= 0.3 is 0 Å². The van der Waals surface area contributed by atoms with E-state index in [1.165, 1.54) is 0 Å². The van der Waals surface area contributed by atoms with Gasteiger partial charge in [-0.05, 0) is 65.8 Å². The van der Waals surface area contributed by atoms with Crippen LogP contribution in [-0.4, -0.2) is 46.9 Å². The minimum Gasteiger partial charge on any atom is -0.507 e. The molecule has 0 saturated heterocycles. The Kier molecular flexibility index (Phi) is 7.48. The molecule has 0 aliphatic carbocycles. The molecule has 2 N–H and O–H groups in total. The van der Waals surface area contributed by atoms with Crippen LogP contribution in [0.1, 0.15) is 52.7 Å². The molecule has 6 heteroatoms. The Morgan fingerprint density at radius 2 is 1.07 bits per heavy atom. The summed E-state index contributed by atoms with van der Waals surface area (Å²) in [6.45, 7) is 12.6. The number of benzene rings is 2. The molecule has 0 heterocycles. The normalized spacial score (nSPS) is 12.6. The standard InChI is InChI=1S/C24H32N2O4/c1-23(2,3)29-19-9-7-17(21(27)13-19)15-25-11-12-26-16-18-8-10-20(14-22(18)28)30-24(4,5)6/h7-10,13-16,27-28H,11-12H2,1-6H3. The van der Waals surface area contributed by atoms with Gasteiger partial charge in [0.25, 0.3) is 0 Å². The van der Waals surface area contributed by atoms with E-state index < -0.39 is 0 Å². The fourth-order valence-corrected chi connectivity index (χ4v) is 2.54. The van der Waals surface area contributed by atoms with Gasteiger partial charge in [0.15, 0.2) is 0 Å². The van der Waals surface area contributed by atoms with E-state index in [-0.39, 0.29) is 22.7 Å². The van der Waals surface area contributed by atoms with Gasteiger partial charge in [0.1, 0.15) is 34.2 Å². The van der Waals surface area contributed by atoms with Crippen LogP contribution in [0.25, 0.3) is 0 Å². The molecule has 0 aliphatic rings. The summed E-state index contributed by atoms with van der Waals surface area (Å²) >= 11 is 0. The van der Waals surface area contributed by atoms with Gasteiger partial charge in [0, 0.05) is 35.7 Å². The number of hydrogen-bond donors (Lipinski definition) is 2. The predicted molar refractivity (Wildman–Crippen MR) is 122 cm³/mol. The summed E-state index contributed by atoms with van der Waals surface area (Å²) in [5.74, 6) is 1.46. The first-order valence-electron chi connectivity index (χ1n) is 9.97. The van der Waals surface area contributed by atoms with Crippen LogP contribution >= 0.6 is 0 Å². The molecule has 0 spiro atoms. The number of aromatic hydroxyl groups is 2. The molecule has 0 aliphatic heterocycles. The van der Waals surface area contributed by atoms with E-state index in [9.17, 15) is 10.2 Å². The topological polar surface area (TPSA) is 83.6 Å². The molecule has 0 bridgehead atoms. The Morgan fingerprint density at radius 3 is 1.37 bits per heavy atom. The van der Waals surface area contributed by atoms with Crippen LogP contribution in [0.5, 0.6) is 23.0 Å². The van der Waals surface area contributed by atoms with Crippen molar-refractivity contribution >= 4 is 12.4 Å². The second-order valence-corrected chi connectivity index (χ2v) is 8.94. The van der Waals surface area contributed by atoms with Crippen LogP contribution in [-0.2, 0) is 0 Å². The van der Waals surface area contributed by atoms with Gasteiger partial charge in [-0.2, -0.15) is 0 Å². The number of ether oxygens (including phenoxy) is 2. The molecule has 30 heavy (non-hydrogen) atoms. The molecule has 6 nitrogen and oxygen atoms in total. The first-order chi connectivity index (χ1) is 13.9. The van der Waals surface area contributed by atoms with Crippen molar-refractivity contribution in [2.75, 3.05) is 13.1 Å². The number of nitrogens with zero attached hydrogens (tertiary/aromatic N) is 2. The number of phenolic OH excluding ortho intramolecular Hbond substituents is 2. The second-order valence-electron chi connectivity index (χ2n) is 8.94. The molecule has 2 aromatic carbocycles. The molecule has 0 fully saturated rings. The molecule has 0 atom stereocenters. The molecule has 0 radical (unpaired) electrons. The molecule has 0 amide bonds. The quantitative estimate of drug-likeness (QED) is 0.496. The van der Waals surface area contributed by atoms with Gasteiger partial charge in [-0.3, -0.25) is 9.98 Å². The summed E-state index contributed by atoms with van der Waals surface area (Å²) in [4.78, 5) is 8.59. The smallest absolute Gasteiger partial charge is 0.128 e. The van der Waals surface area contributed by atoms with Crippen molar-refractivity contribution in [1.82, 2.24) is 0 Å². The van der Waals surface area contributed by atoms with Crippen molar-refractivity contribution in [2.45, 2.75) is 52.7 Å². The van der Waals surface area contributed by atoms with Crippen molar-refractivity contribution < 1.29 is 19.7 Å². The van der Waals surface area contributed by atoms with Gasteiger partial charge in [0.05, 0.1) is 13.1 Å². The van der Waals surface area contributed by atoms with Crippen LogP contribution in [0.15, 0.2) is 46.4 Å². The fraction of sp³-hybridized carbons (Fsp3) is 0.417. The fourth-order valence-electron chi connectivity index (χ4n) is 2.54. The van der Waals surface area contributed by atoms with Gasteiger partial charge in [-0.1, -0.05) is 0 Å². The molecular formula is C24H32N2O4. The van der Waals surface area contributed by atoms with Crippen molar-refractivity contribution in [3.63, 3.8) is 0 Å². The van der Waals surface area contributed by atoms with E-state index in [1.807, 2.05) is 41.5 Å². The molecule has 2 aromatic rings. The highest BCUT2D eigenvalue weighted by Crippen LogP contribution is 2.26. The van der Waals surface area contributed by atoms with Crippen molar-refractivity contribution in [3.8, 4) is 23.0 Å². The second kappa shape index (κ2) is 9.65. The summed E-state index contributed by atoms with van der Waals surface area (Å²) in [6.07, 6.45) is 3.23. The van der Waals surface area contributed by atoms with Crippen molar-refractivity contribution in [2.24, 2.45) is 9.98 Å². The third-order valence-electron chi connectivity index (χ3n) is 3.67. The third kappa shape index (κ3) is 8.15. The van der Waals surface area contributed by atoms with E-state index in [4.69, 9.17) is 9.47 Å². The summed E-state index contributed by atoms with van der Waals surface area (Å²) in [5, 5.41) is 20.2. The summed E-state index contributed by atoms with van der Waals surface area (Å²) in [6, 6.07) is 10.3. The monoisotopic (exact) mass is 412 g/mol. The zero-order valence-corrected chi connectivity index (χ0v) is 18.6. The van der Waals surface area contributed by atoms with Crippen molar-refractivity contribution in [1.29, 1.82) is 0 Å². The lowest BCUT2D eigenvalue weighted by atomic mass is 10.1. The lowest BCUT2D eigenvalue weighted by molar-refractivity contribution is 0.130. The van der Waals surface area contributed by atoms with Gasteiger partial charge in [-0.25, -0.2) is 0 Å². The minimum atomic E-state index is -0.325. The highest BCUT2D eigenvalue weighted by Gasteiger charge is 2.13. The van der Waals surface area contributed by atoms with E-state index in [2.05, 4.69) is 9.98 Å². The molecule has 0 saturated carbocycles. The average molecular weight is 413 g/mol. The number of hydrogen-bond acceptors (Lipinski definition) is 6. The van der Waals surface area contributed by atoms with E-state index in [1.54, 1.807) is 48.8 Å². The largest absolute Gasteiger partial charge is 0.507 e. The van der Waals surface area contributed by atoms with Crippen molar-refractivity contribution in [3.05, 3.63) is 47.5 Å². The Labute approximate surface area is 178 Å². The highest BCUT2D eigenvalue weighted by molar-refractivity contribution is 5.84. The zero-order chi connectivity index (χ0) is 22.4. The first kappa shape index (κ1) is 23.3. The maximum absolute atomic E-state index is 10.1. The molecule has 162 valence electrons. The Hall–Kier alpha value is -3.02. The van der Waals surface area contributed by atoms with Gasteiger partial charge in [0.2, 0.25) is 0 Å². The average Bonchev–Trinajstić information content (AvgIpc) is 2.58. The SMILES string of the molecule is CC(C)(C)Oc1ccc(C=NCCN=Cc2ccc(OC(C)(C)C)cc2O)c(O)c1. The number of phenols is 2. The van der Waals surface area contributed by atoms with Crippen LogP contribution in [0.2, 0.25) is 0 Å². The van der Waals surface area contributed by atoms with Gasteiger partial charge < -0.3 is 19.7 Å². The zero-order valence-electron chi connectivity index (χ0n) is 18.6. The number of rotatable bonds is 7. The molecule has 2 rings (SSSR count). The summed E-state index contributed by atoms with van der Waals surface area (Å²) in [7, 11) is 0. The Balaban J connectivity index is 1.87. The maximum Gasteiger partial charge on any atom is 0.128 e. The lowest BCUT2D eigenvalue weighted by Crippen LogP contribution is -2.22.